The highest BCUT2D eigenvalue weighted by molar-refractivity contribution is 5.79. The Kier molecular flexibility index (Phi) is 8.42. The van der Waals surface area contributed by atoms with Crippen LogP contribution in [0.4, 0.5) is 4.79 Å². The molecule has 1 aliphatic rings. The number of nitrogens with one attached hydrogen (secondary N) is 1. The fraction of sp³-hybridized carbons (Fsp3) is 0.619. The number of carbonyl (C=O) groups is 2. The van der Waals surface area contributed by atoms with Crippen molar-refractivity contribution in [3.8, 4) is 11.5 Å². The predicted molar refractivity (Wildman–Crippen MR) is 109 cm³/mol. The van der Waals surface area contributed by atoms with Crippen LogP contribution >= 0.6 is 0 Å². The van der Waals surface area contributed by atoms with Crippen molar-refractivity contribution in [2.45, 2.75) is 33.1 Å². The zero-order valence-electron chi connectivity index (χ0n) is 17.5. The van der Waals surface area contributed by atoms with Gasteiger partial charge in [-0.05, 0) is 50.8 Å². The monoisotopic (exact) mass is 391 g/mol. The summed E-state index contributed by atoms with van der Waals surface area (Å²) in [5.41, 5.74) is 1.08. The van der Waals surface area contributed by atoms with Crippen LogP contribution in [-0.2, 0) is 11.2 Å². The molecular weight excluding hydrogens is 358 g/mol. The van der Waals surface area contributed by atoms with Crippen LogP contribution in [0.25, 0.3) is 0 Å². The van der Waals surface area contributed by atoms with Crippen molar-refractivity contribution in [2.24, 2.45) is 5.92 Å². The van der Waals surface area contributed by atoms with Crippen molar-refractivity contribution in [3.63, 3.8) is 0 Å². The Morgan fingerprint density at radius 1 is 1.11 bits per heavy atom. The van der Waals surface area contributed by atoms with Gasteiger partial charge >= 0.3 is 6.03 Å². The third kappa shape index (κ3) is 5.53. The van der Waals surface area contributed by atoms with Crippen LogP contribution in [-0.4, -0.2) is 68.7 Å². The average molecular weight is 392 g/mol. The van der Waals surface area contributed by atoms with Crippen LogP contribution in [0.2, 0.25) is 0 Å². The topological polar surface area (TPSA) is 71.1 Å². The predicted octanol–water partition coefficient (Wildman–Crippen LogP) is 2.54. The fourth-order valence-electron chi connectivity index (χ4n) is 3.54. The molecule has 0 radical (unpaired) electrons. The minimum Gasteiger partial charge on any atom is -0.493 e. The lowest BCUT2D eigenvalue weighted by Crippen LogP contribution is -2.48. The summed E-state index contributed by atoms with van der Waals surface area (Å²) in [6.45, 7) is 7.26. The summed E-state index contributed by atoms with van der Waals surface area (Å²) in [7, 11) is 3.22. The summed E-state index contributed by atoms with van der Waals surface area (Å²) >= 11 is 0. The van der Waals surface area contributed by atoms with Gasteiger partial charge in [0.05, 0.1) is 14.2 Å². The van der Waals surface area contributed by atoms with E-state index in [1.54, 1.807) is 14.2 Å². The quantitative estimate of drug-likeness (QED) is 0.739. The van der Waals surface area contributed by atoms with Gasteiger partial charge in [0.2, 0.25) is 5.91 Å². The van der Waals surface area contributed by atoms with Gasteiger partial charge in [0.25, 0.3) is 0 Å². The van der Waals surface area contributed by atoms with E-state index in [1.165, 1.54) is 0 Å². The summed E-state index contributed by atoms with van der Waals surface area (Å²) in [6.07, 6.45) is 2.16. The highest BCUT2D eigenvalue weighted by Gasteiger charge is 2.28. The second kappa shape index (κ2) is 10.8. The fourth-order valence-corrected chi connectivity index (χ4v) is 3.54. The lowest BCUT2D eigenvalue weighted by molar-refractivity contribution is -0.126. The van der Waals surface area contributed by atoms with Crippen LogP contribution in [0.3, 0.4) is 0 Å². The van der Waals surface area contributed by atoms with E-state index in [4.69, 9.17) is 9.47 Å². The number of carbonyl (C=O) groups excluding carboxylic acids is 2. The molecule has 1 heterocycles. The van der Waals surface area contributed by atoms with Gasteiger partial charge in [-0.1, -0.05) is 6.07 Å². The Balaban J connectivity index is 1.77. The van der Waals surface area contributed by atoms with Crippen molar-refractivity contribution < 1.29 is 19.1 Å². The first kappa shape index (κ1) is 21.9. The maximum atomic E-state index is 12.5. The van der Waals surface area contributed by atoms with Crippen LogP contribution < -0.4 is 14.8 Å². The molecule has 0 spiro atoms. The van der Waals surface area contributed by atoms with Gasteiger partial charge in [0, 0.05) is 38.6 Å². The van der Waals surface area contributed by atoms with Crippen LogP contribution in [0.1, 0.15) is 32.3 Å². The van der Waals surface area contributed by atoms with E-state index >= 15 is 0 Å². The summed E-state index contributed by atoms with van der Waals surface area (Å²) in [6, 6.07) is 5.86. The van der Waals surface area contributed by atoms with E-state index in [1.807, 2.05) is 41.8 Å². The Labute approximate surface area is 168 Å². The summed E-state index contributed by atoms with van der Waals surface area (Å²) in [5.74, 6) is 1.44. The van der Waals surface area contributed by atoms with Gasteiger partial charge < -0.3 is 24.6 Å². The van der Waals surface area contributed by atoms with E-state index in [2.05, 4.69) is 5.32 Å². The van der Waals surface area contributed by atoms with E-state index in [0.29, 0.717) is 44.2 Å². The summed E-state index contributed by atoms with van der Waals surface area (Å²) in [4.78, 5) is 28.5. The highest BCUT2D eigenvalue weighted by atomic mass is 16.5. The first-order valence-electron chi connectivity index (χ1n) is 10.1. The number of piperidine rings is 1. The molecule has 0 atom stereocenters. The Bertz CT molecular complexity index is 653. The smallest absolute Gasteiger partial charge is 0.319 e. The number of amides is 3. The second-order valence-corrected chi connectivity index (χ2v) is 6.95. The van der Waals surface area contributed by atoms with Crippen molar-refractivity contribution in [3.05, 3.63) is 23.8 Å². The number of likely N-dealkylation sites (tertiary alicyclic amines) is 1. The van der Waals surface area contributed by atoms with Gasteiger partial charge in [-0.3, -0.25) is 4.79 Å². The highest BCUT2D eigenvalue weighted by Crippen LogP contribution is 2.27. The number of rotatable bonds is 8. The number of urea groups is 1. The van der Waals surface area contributed by atoms with Crippen molar-refractivity contribution in [2.75, 3.05) is 46.9 Å². The summed E-state index contributed by atoms with van der Waals surface area (Å²) < 4.78 is 10.6. The Morgan fingerprint density at radius 2 is 1.75 bits per heavy atom. The first-order chi connectivity index (χ1) is 13.5. The minimum atomic E-state index is -0.0221. The number of ether oxygens (including phenoxy) is 2. The maximum absolute atomic E-state index is 12.5. The molecule has 7 heteroatoms. The largest absolute Gasteiger partial charge is 0.493 e. The molecule has 1 N–H and O–H groups in total. The third-order valence-electron chi connectivity index (χ3n) is 5.33. The van der Waals surface area contributed by atoms with Gasteiger partial charge in [-0.2, -0.15) is 0 Å². The molecule has 156 valence electrons. The van der Waals surface area contributed by atoms with Crippen LogP contribution in [0.5, 0.6) is 11.5 Å². The number of nitrogens with zero attached hydrogens (tertiary/aromatic N) is 2. The maximum Gasteiger partial charge on any atom is 0.319 e. The average Bonchev–Trinajstić information content (AvgIpc) is 2.74. The molecule has 1 saturated heterocycles. The number of methoxy groups -OCH3 is 2. The molecular formula is C21H33N3O4. The van der Waals surface area contributed by atoms with Gasteiger partial charge in [-0.15, -0.1) is 0 Å². The minimum absolute atomic E-state index is 0.0221. The zero-order valence-corrected chi connectivity index (χ0v) is 17.5. The molecule has 2 rings (SSSR count). The molecule has 0 aliphatic carbocycles. The van der Waals surface area contributed by atoms with E-state index in [0.717, 1.165) is 24.8 Å². The van der Waals surface area contributed by atoms with Crippen molar-refractivity contribution in [1.29, 1.82) is 0 Å². The Morgan fingerprint density at radius 3 is 2.32 bits per heavy atom. The van der Waals surface area contributed by atoms with Crippen LogP contribution in [0.15, 0.2) is 18.2 Å². The van der Waals surface area contributed by atoms with Crippen molar-refractivity contribution in [1.82, 2.24) is 15.1 Å². The molecule has 28 heavy (non-hydrogen) atoms. The molecule has 0 aromatic heterocycles. The Hall–Kier alpha value is -2.44. The van der Waals surface area contributed by atoms with Gasteiger partial charge in [0.15, 0.2) is 11.5 Å². The number of hydrogen-bond donors (Lipinski definition) is 1. The van der Waals surface area contributed by atoms with Crippen molar-refractivity contribution >= 4 is 11.9 Å². The van der Waals surface area contributed by atoms with Crippen LogP contribution in [0, 0.1) is 5.92 Å². The molecule has 7 nitrogen and oxygen atoms in total. The molecule has 3 amide bonds. The second-order valence-electron chi connectivity index (χ2n) is 6.95. The van der Waals surface area contributed by atoms with Gasteiger partial charge in [0.1, 0.15) is 0 Å². The molecule has 0 bridgehead atoms. The van der Waals surface area contributed by atoms with E-state index in [9.17, 15) is 9.59 Å². The molecule has 1 aliphatic heterocycles. The summed E-state index contributed by atoms with van der Waals surface area (Å²) in [5, 5.41) is 3.03. The molecule has 1 aromatic carbocycles. The lowest BCUT2D eigenvalue weighted by Gasteiger charge is -2.34. The first-order valence-corrected chi connectivity index (χ1v) is 10.1. The molecule has 0 unspecified atom stereocenters. The zero-order chi connectivity index (χ0) is 20.5. The lowest BCUT2D eigenvalue weighted by atomic mass is 9.96. The van der Waals surface area contributed by atoms with E-state index < -0.39 is 0 Å². The molecule has 1 aromatic rings. The standard InChI is InChI=1S/C21H33N3O4/c1-5-23(6-2)21(26)24-13-10-17(11-14-24)20(25)22-12-9-16-7-8-18(27-3)19(15-16)28-4/h7-8,15,17H,5-6,9-14H2,1-4H3,(H,22,25). The number of benzene rings is 1. The molecule has 0 saturated carbocycles. The van der Waals surface area contributed by atoms with Gasteiger partial charge in [-0.25, -0.2) is 4.79 Å². The number of hydrogen-bond acceptors (Lipinski definition) is 4. The molecule has 1 fully saturated rings. The third-order valence-corrected chi connectivity index (χ3v) is 5.33. The van der Waals surface area contributed by atoms with E-state index in [-0.39, 0.29) is 17.9 Å². The SMILES string of the molecule is CCN(CC)C(=O)N1CCC(C(=O)NCCc2ccc(OC)c(OC)c2)CC1. The normalized spacial score (nSPS) is 14.5.